The van der Waals surface area contributed by atoms with Crippen molar-refractivity contribution in [1.82, 2.24) is 29.9 Å². The highest BCUT2D eigenvalue weighted by molar-refractivity contribution is 5.79. The molecule has 1 amide bonds. The number of aromatic nitrogens is 5. The van der Waals surface area contributed by atoms with Gasteiger partial charge in [-0.15, -0.1) is 5.10 Å². The van der Waals surface area contributed by atoms with Crippen molar-refractivity contribution in [3.8, 4) is 0 Å². The average molecular weight is 376 g/mol. The highest BCUT2D eigenvalue weighted by Gasteiger charge is 2.15. The van der Waals surface area contributed by atoms with Crippen LogP contribution in [0.2, 0.25) is 0 Å². The number of amides is 1. The second-order valence-corrected chi connectivity index (χ2v) is 6.35. The molecule has 140 valence electrons. The number of nitrogens with one attached hydrogen (secondary N) is 1. The zero-order valence-electron chi connectivity index (χ0n) is 15.0. The van der Waals surface area contributed by atoms with Gasteiger partial charge in [0.2, 0.25) is 5.91 Å². The molecule has 0 aliphatic carbocycles. The van der Waals surface area contributed by atoms with E-state index < -0.39 is 0 Å². The number of benzene rings is 2. The molecule has 2 heterocycles. The zero-order chi connectivity index (χ0) is 19.7. The lowest BCUT2D eigenvalue weighted by atomic mass is 10.2. The van der Waals surface area contributed by atoms with Gasteiger partial charge in [0.05, 0.1) is 22.8 Å². The second kappa shape index (κ2) is 7.03. The van der Waals surface area contributed by atoms with Crippen LogP contribution in [0.15, 0.2) is 58.1 Å². The molecule has 0 aliphatic rings. The van der Waals surface area contributed by atoms with Crippen molar-refractivity contribution in [1.29, 1.82) is 0 Å². The predicted octanol–water partition coefficient (Wildman–Crippen LogP) is 0.687. The number of hydrogen-bond donors (Lipinski definition) is 1. The molecule has 2 aromatic carbocycles. The van der Waals surface area contributed by atoms with Crippen LogP contribution in [0, 0.1) is 0 Å². The van der Waals surface area contributed by atoms with Crippen LogP contribution in [0.1, 0.15) is 5.82 Å². The molecule has 9 heteroatoms. The SMILES string of the molecule is CN(Cc1nc2ccccc2c(=O)[nH]1)C(=O)Cn1nnc2ccccc2c1=O. The molecule has 0 radical (unpaired) electrons. The summed E-state index contributed by atoms with van der Waals surface area (Å²) in [5, 5.41) is 8.67. The molecular weight excluding hydrogens is 360 g/mol. The molecule has 0 bridgehead atoms. The topological polar surface area (TPSA) is 114 Å². The van der Waals surface area contributed by atoms with Gasteiger partial charge in [0.1, 0.15) is 17.9 Å². The molecule has 28 heavy (non-hydrogen) atoms. The Morgan fingerprint density at radius 3 is 2.50 bits per heavy atom. The van der Waals surface area contributed by atoms with Gasteiger partial charge < -0.3 is 9.88 Å². The van der Waals surface area contributed by atoms with Crippen LogP contribution in [-0.4, -0.2) is 42.8 Å². The van der Waals surface area contributed by atoms with Gasteiger partial charge in [-0.05, 0) is 24.3 Å². The molecule has 0 unspecified atom stereocenters. The third-order valence-electron chi connectivity index (χ3n) is 4.39. The summed E-state index contributed by atoms with van der Waals surface area (Å²) in [6, 6.07) is 13.8. The van der Waals surface area contributed by atoms with E-state index in [2.05, 4.69) is 20.3 Å². The van der Waals surface area contributed by atoms with Gasteiger partial charge >= 0.3 is 0 Å². The average Bonchev–Trinajstić information content (AvgIpc) is 2.70. The Balaban J connectivity index is 1.55. The fraction of sp³-hybridized carbons (Fsp3) is 0.158. The number of aromatic amines is 1. The van der Waals surface area contributed by atoms with Crippen molar-refractivity contribution >= 4 is 27.7 Å². The fourth-order valence-corrected chi connectivity index (χ4v) is 2.90. The first-order chi connectivity index (χ1) is 13.5. The Kier molecular flexibility index (Phi) is 4.40. The van der Waals surface area contributed by atoms with Gasteiger partial charge in [-0.2, -0.15) is 0 Å². The largest absolute Gasteiger partial charge is 0.337 e. The summed E-state index contributed by atoms with van der Waals surface area (Å²) in [5.74, 6) is -0.000943. The van der Waals surface area contributed by atoms with E-state index >= 15 is 0 Å². The highest BCUT2D eigenvalue weighted by atomic mass is 16.2. The minimum atomic E-state index is -0.385. The van der Waals surface area contributed by atoms with Crippen molar-refractivity contribution < 1.29 is 4.79 Å². The van der Waals surface area contributed by atoms with Gasteiger partial charge in [-0.3, -0.25) is 14.4 Å². The molecule has 0 saturated carbocycles. The summed E-state index contributed by atoms with van der Waals surface area (Å²) in [4.78, 5) is 45.6. The zero-order valence-corrected chi connectivity index (χ0v) is 15.0. The summed E-state index contributed by atoms with van der Waals surface area (Å²) in [6.07, 6.45) is 0. The number of fused-ring (bicyclic) bond motifs is 2. The molecule has 0 aliphatic heterocycles. The van der Waals surface area contributed by atoms with Crippen molar-refractivity contribution in [2.24, 2.45) is 0 Å². The Bertz CT molecular complexity index is 1310. The van der Waals surface area contributed by atoms with E-state index in [1.807, 2.05) is 0 Å². The summed E-state index contributed by atoms with van der Waals surface area (Å²) in [7, 11) is 1.57. The third-order valence-corrected chi connectivity index (χ3v) is 4.39. The van der Waals surface area contributed by atoms with E-state index in [1.165, 1.54) is 4.90 Å². The number of H-pyrrole nitrogens is 1. The molecule has 4 aromatic rings. The maximum absolute atomic E-state index is 12.5. The minimum Gasteiger partial charge on any atom is -0.337 e. The summed E-state index contributed by atoms with van der Waals surface area (Å²) < 4.78 is 1.03. The van der Waals surface area contributed by atoms with Crippen LogP contribution in [-0.2, 0) is 17.9 Å². The monoisotopic (exact) mass is 376 g/mol. The van der Waals surface area contributed by atoms with Gasteiger partial charge in [-0.25, -0.2) is 9.67 Å². The van der Waals surface area contributed by atoms with E-state index in [9.17, 15) is 14.4 Å². The van der Waals surface area contributed by atoms with Crippen LogP contribution >= 0.6 is 0 Å². The molecule has 2 aromatic heterocycles. The molecule has 1 N–H and O–H groups in total. The first-order valence-corrected chi connectivity index (χ1v) is 8.57. The number of carbonyl (C=O) groups excluding carboxylic acids is 1. The van der Waals surface area contributed by atoms with Crippen LogP contribution in [0.4, 0.5) is 0 Å². The molecule has 0 fully saturated rings. The van der Waals surface area contributed by atoms with E-state index in [0.717, 1.165) is 4.68 Å². The van der Waals surface area contributed by atoms with Crippen molar-refractivity contribution in [2.75, 3.05) is 7.05 Å². The van der Waals surface area contributed by atoms with Crippen molar-refractivity contribution in [3.63, 3.8) is 0 Å². The second-order valence-electron chi connectivity index (χ2n) is 6.35. The lowest BCUT2D eigenvalue weighted by Crippen LogP contribution is -2.35. The number of hydrogen-bond acceptors (Lipinski definition) is 6. The maximum atomic E-state index is 12.5. The smallest absolute Gasteiger partial charge is 0.278 e. The molecule has 0 saturated heterocycles. The third kappa shape index (κ3) is 3.25. The Morgan fingerprint density at radius 1 is 1.04 bits per heavy atom. The van der Waals surface area contributed by atoms with Crippen LogP contribution in [0.3, 0.4) is 0 Å². The van der Waals surface area contributed by atoms with Crippen LogP contribution < -0.4 is 11.1 Å². The normalized spacial score (nSPS) is 11.0. The number of rotatable bonds is 4. The molecule has 0 spiro atoms. The number of likely N-dealkylation sites (N-methyl/N-ethyl adjacent to an activating group) is 1. The highest BCUT2D eigenvalue weighted by Crippen LogP contribution is 2.07. The Hall–Kier alpha value is -3.88. The lowest BCUT2D eigenvalue weighted by Gasteiger charge is -2.17. The maximum Gasteiger partial charge on any atom is 0.278 e. The van der Waals surface area contributed by atoms with Gasteiger partial charge in [0, 0.05) is 7.05 Å². The number of para-hydroxylation sites is 1. The minimum absolute atomic E-state index is 0.0919. The molecular formula is C19H16N6O3. The van der Waals surface area contributed by atoms with Crippen LogP contribution in [0.5, 0.6) is 0 Å². The first-order valence-electron chi connectivity index (χ1n) is 8.57. The summed E-state index contributed by atoms with van der Waals surface area (Å²) in [5.41, 5.74) is 0.379. The number of carbonyl (C=O) groups is 1. The fourth-order valence-electron chi connectivity index (χ4n) is 2.90. The quantitative estimate of drug-likeness (QED) is 0.560. The van der Waals surface area contributed by atoms with E-state index in [1.54, 1.807) is 55.6 Å². The molecule has 0 atom stereocenters. The van der Waals surface area contributed by atoms with Gasteiger partial charge in [0.25, 0.3) is 11.1 Å². The summed E-state index contributed by atoms with van der Waals surface area (Å²) >= 11 is 0. The van der Waals surface area contributed by atoms with E-state index in [-0.39, 0.29) is 30.1 Å². The van der Waals surface area contributed by atoms with Crippen molar-refractivity contribution in [2.45, 2.75) is 13.1 Å². The first kappa shape index (κ1) is 17.5. The van der Waals surface area contributed by atoms with Crippen LogP contribution in [0.25, 0.3) is 21.8 Å². The van der Waals surface area contributed by atoms with E-state index in [0.29, 0.717) is 27.6 Å². The van der Waals surface area contributed by atoms with E-state index in [4.69, 9.17) is 0 Å². The Morgan fingerprint density at radius 2 is 1.71 bits per heavy atom. The molecule has 4 rings (SSSR count). The summed E-state index contributed by atoms with van der Waals surface area (Å²) in [6.45, 7) is -0.167. The standard InChI is InChI=1S/C19H16N6O3/c1-24(10-16-20-14-8-4-2-6-12(14)18(27)21-16)17(26)11-25-19(28)13-7-3-5-9-15(13)22-23-25/h2-9H,10-11H2,1H3,(H,20,21,27). The van der Waals surface area contributed by atoms with Crippen molar-refractivity contribution in [3.05, 3.63) is 75.1 Å². The molecule has 9 nitrogen and oxygen atoms in total. The van der Waals surface area contributed by atoms with Gasteiger partial charge in [-0.1, -0.05) is 29.5 Å². The van der Waals surface area contributed by atoms with Gasteiger partial charge in [0.15, 0.2) is 0 Å². The number of nitrogens with zero attached hydrogens (tertiary/aromatic N) is 5. The predicted molar refractivity (Wildman–Crippen MR) is 103 cm³/mol. The Labute approximate surface area is 158 Å². The lowest BCUT2D eigenvalue weighted by molar-refractivity contribution is -0.131.